The van der Waals surface area contributed by atoms with Gasteiger partial charge in [-0.1, -0.05) is 38.5 Å². The summed E-state index contributed by atoms with van der Waals surface area (Å²) >= 11 is 0. The van der Waals surface area contributed by atoms with Crippen LogP contribution in [0.3, 0.4) is 0 Å². The van der Waals surface area contributed by atoms with Gasteiger partial charge in [-0.3, -0.25) is 9.59 Å². The van der Waals surface area contributed by atoms with Crippen molar-refractivity contribution >= 4 is 17.5 Å². The Bertz CT molecular complexity index is 516. The van der Waals surface area contributed by atoms with E-state index in [1.807, 2.05) is 0 Å². The predicted octanol–water partition coefficient (Wildman–Crippen LogP) is 2.70. The number of carbonyl (C=O) groups is 2. The largest absolute Gasteiger partial charge is 0.503 e. The first-order valence-electron chi connectivity index (χ1n) is 7.93. The minimum Gasteiger partial charge on any atom is -0.503 e. The molecule has 1 heterocycles. The molecule has 1 aliphatic carbocycles. The molecule has 0 bridgehead atoms. The summed E-state index contributed by atoms with van der Waals surface area (Å²) in [5.74, 6) is -0.141. The number of hydrogen-bond acceptors (Lipinski definition) is 4. The first-order chi connectivity index (χ1) is 10.6. The molecule has 0 aromatic carbocycles. The lowest BCUT2D eigenvalue weighted by atomic mass is 9.95. The van der Waals surface area contributed by atoms with Crippen molar-refractivity contribution < 1.29 is 19.1 Å². The molecule has 0 spiro atoms. The molecular weight excluding hydrogens is 284 g/mol. The molecule has 1 aliphatic rings. The highest BCUT2D eigenvalue weighted by atomic mass is 16.4. The fourth-order valence-electron chi connectivity index (χ4n) is 3.00. The lowest BCUT2D eigenvalue weighted by Gasteiger charge is -2.13. The summed E-state index contributed by atoms with van der Waals surface area (Å²) in [6.45, 7) is 0. The maximum atomic E-state index is 12.0. The van der Waals surface area contributed by atoms with E-state index >= 15 is 0 Å². The summed E-state index contributed by atoms with van der Waals surface area (Å²) in [5.41, 5.74) is 5.27. The third-order valence-corrected chi connectivity index (χ3v) is 4.20. The van der Waals surface area contributed by atoms with Gasteiger partial charge in [-0.2, -0.15) is 0 Å². The molecule has 0 atom stereocenters. The summed E-state index contributed by atoms with van der Waals surface area (Å²) in [6.07, 6.45) is 9.67. The molecule has 1 aromatic heterocycles. The first kappa shape index (κ1) is 16.4. The molecule has 1 fully saturated rings. The van der Waals surface area contributed by atoms with Crippen molar-refractivity contribution in [2.24, 2.45) is 11.7 Å². The summed E-state index contributed by atoms with van der Waals surface area (Å²) in [5, 5.41) is 12.3. The van der Waals surface area contributed by atoms with Crippen molar-refractivity contribution in [3.8, 4) is 5.75 Å². The summed E-state index contributed by atoms with van der Waals surface area (Å²) < 4.78 is 5.05. The predicted molar refractivity (Wildman–Crippen MR) is 82.3 cm³/mol. The van der Waals surface area contributed by atoms with Gasteiger partial charge in [-0.15, -0.1) is 0 Å². The number of amides is 2. The van der Waals surface area contributed by atoms with E-state index in [0.29, 0.717) is 12.3 Å². The smallest absolute Gasteiger partial charge is 0.225 e. The Morgan fingerprint density at radius 1 is 1.27 bits per heavy atom. The SMILES string of the molecule is NC(=O)Cc1occ(O)c1NC(=O)CCC1CCCCCC1. The van der Waals surface area contributed by atoms with Gasteiger partial charge in [0.15, 0.2) is 5.75 Å². The normalized spacial score (nSPS) is 16.2. The zero-order valence-corrected chi connectivity index (χ0v) is 12.8. The molecule has 1 aromatic rings. The molecule has 122 valence electrons. The van der Waals surface area contributed by atoms with Crippen LogP contribution in [0.15, 0.2) is 10.7 Å². The monoisotopic (exact) mass is 308 g/mol. The van der Waals surface area contributed by atoms with E-state index in [2.05, 4.69) is 5.32 Å². The van der Waals surface area contributed by atoms with Crippen molar-refractivity contribution in [1.82, 2.24) is 0 Å². The Morgan fingerprint density at radius 3 is 2.59 bits per heavy atom. The lowest BCUT2D eigenvalue weighted by Crippen LogP contribution is -2.17. The van der Waals surface area contributed by atoms with Gasteiger partial charge in [0.2, 0.25) is 11.8 Å². The third kappa shape index (κ3) is 4.79. The molecule has 0 radical (unpaired) electrons. The molecule has 4 N–H and O–H groups in total. The van der Waals surface area contributed by atoms with E-state index in [4.69, 9.17) is 10.2 Å². The van der Waals surface area contributed by atoms with Gasteiger partial charge in [0.1, 0.15) is 17.7 Å². The van der Waals surface area contributed by atoms with Gasteiger partial charge in [0.05, 0.1) is 6.42 Å². The topological polar surface area (TPSA) is 106 Å². The van der Waals surface area contributed by atoms with E-state index in [1.165, 1.54) is 38.5 Å². The number of anilines is 1. The Hall–Kier alpha value is -1.98. The average molecular weight is 308 g/mol. The molecule has 0 aliphatic heterocycles. The van der Waals surface area contributed by atoms with Crippen LogP contribution in [-0.4, -0.2) is 16.9 Å². The van der Waals surface area contributed by atoms with Crippen LogP contribution in [0, 0.1) is 5.92 Å². The number of aromatic hydroxyl groups is 1. The molecule has 6 heteroatoms. The van der Waals surface area contributed by atoms with Crippen LogP contribution in [0.25, 0.3) is 0 Å². The molecule has 0 unspecified atom stereocenters. The fraction of sp³-hybridized carbons (Fsp3) is 0.625. The molecule has 1 saturated carbocycles. The van der Waals surface area contributed by atoms with E-state index < -0.39 is 5.91 Å². The van der Waals surface area contributed by atoms with E-state index in [9.17, 15) is 14.7 Å². The summed E-state index contributed by atoms with van der Waals surface area (Å²) in [6, 6.07) is 0. The number of hydrogen-bond donors (Lipinski definition) is 3. The molecule has 2 amide bonds. The Kier molecular flexibility index (Phi) is 5.86. The molecule has 2 rings (SSSR count). The zero-order valence-electron chi connectivity index (χ0n) is 12.8. The van der Waals surface area contributed by atoms with E-state index in [1.54, 1.807) is 0 Å². The Labute approximate surface area is 130 Å². The first-order valence-corrected chi connectivity index (χ1v) is 7.93. The average Bonchev–Trinajstić information content (AvgIpc) is 2.70. The number of rotatable bonds is 6. The standard InChI is InChI=1S/C16H24N2O4/c17-14(20)9-13-16(12(19)10-22-13)18-15(21)8-7-11-5-3-1-2-4-6-11/h10-11,19H,1-9H2,(H2,17,20)(H,18,21). The molecule has 0 saturated heterocycles. The van der Waals surface area contributed by atoms with E-state index in [0.717, 1.165) is 12.7 Å². The second-order valence-electron chi connectivity index (χ2n) is 6.01. The van der Waals surface area contributed by atoms with Gasteiger partial charge in [-0.05, 0) is 12.3 Å². The summed E-state index contributed by atoms with van der Waals surface area (Å²) in [4.78, 5) is 23.0. The van der Waals surface area contributed by atoms with Crippen LogP contribution < -0.4 is 11.1 Å². The number of furan rings is 1. The lowest BCUT2D eigenvalue weighted by molar-refractivity contribution is -0.118. The van der Waals surface area contributed by atoms with Crippen molar-refractivity contribution in [2.75, 3.05) is 5.32 Å². The van der Waals surface area contributed by atoms with Gasteiger partial charge < -0.3 is 20.6 Å². The van der Waals surface area contributed by atoms with Crippen molar-refractivity contribution in [3.63, 3.8) is 0 Å². The van der Waals surface area contributed by atoms with Crippen molar-refractivity contribution in [2.45, 2.75) is 57.8 Å². The second kappa shape index (κ2) is 7.87. The highest BCUT2D eigenvalue weighted by Gasteiger charge is 2.19. The molecular formula is C16H24N2O4. The van der Waals surface area contributed by atoms with Crippen LogP contribution in [0.4, 0.5) is 5.69 Å². The van der Waals surface area contributed by atoms with Crippen LogP contribution >= 0.6 is 0 Å². The summed E-state index contributed by atoms with van der Waals surface area (Å²) in [7, 11) is 0. The van der Waals surface area contributed by atoms with Crippen LogP contribution in [0.2, 0.25) is 0 Å². The van der Waals surface area contributed by atoms with Crippen molar-refractivity contribution in [3.05, 3.63) is 12.0 Å². The Balaban J connectivity index is 1.86. The van der Waals surface area contributed by atoms with Gasteiger partial charge >= 0.3 is 0 Å². The van der Waals surface area contributed by atoms with Crippen molar-refractivity contribution in [1.29, 1.82) is 0 Å². The van der Waals surface area contributed by atoms with Gasteiger partial charge in [0, 0.05) is 6.42 Å². The Morgan fingerprint density at radius 2 is 1.95 bits per heavy atom. The molecule has 6 nitrogen and oxygen atoms in total. The minimum atomic E-state index is -0.580. The van der Waals surface area contributed by atoms with Gasteiger partial charge in [-0.25, -0.2) is 0 Å². The highest BCUT2D eigenvalue weighted by Crippen LogP contribution is 2.31. The van der Waals surface area contributed by atoms with E-state index in [-0.39, 0.29) is 29.5 Å². The minimum absolute atomic E-state index is 0.154. The fourth-order valence-corrected chi connectivity index (χ4v) is 3.00. The zero-order chi connectivity index (χ0) is 15.9. The highest BCUT2D eigenvalue weighted by molar-refractivity contribution is 5.93. The van der Waals surface area contributed by atoms with Crippen LogP contribution in [0.5, 0.6) is 5.75 Å². The van der Waals surface area contributed by atoms with Crippen LogP contribution in [0.1, 0.15) is 57.1 Å². The quantitative estimate of drug-likeness (QED) is 0.702. The number of carbonyl (C=O) groups excluding carboxylic acids is 2. The number of nitrogens with one attached hydrogen (secondary N) is 1. The van der Waals surface area contributed by atoms with Crippen LogP contribution in [-0.2, 0) is 16.0 Å². The maximum Gasteiger partial charge on any atom is 0.225 e. The number of nitrogens with two attached hydrogens (primary N) is 1. The molecule has 22 heavy (non-hydrogen) atoms. The maximum absolute atomic E-state index is 12.0. The second-order valence-corrected chi connectivity index (χ2v) is 6.01. The number of primary amides is 1. The van der Waals surface area contributed by atoms with Gasteiger partial charge in [0.25, 0.3) is 0 Å². The third-order valence-electron chi connectivity index (χ3n) is 4.20.